The first-order chi connectivity index (χ1) is 8.13. The van der Waals surface area contributed by atoms with Crippen molar-refractivity contribution in [3.8, 4) is 5.75 Å². The zero-order valence-electron chi connectivity index (χ0n) is 10.6. The number of benzene rings is 1. The molecule has 0 unspecified atom stereocenters. The van der Waals surface area contributed by atoms with Crippen LogP contribution in [0.25, 0.3) is 0 Å². The Morgan fingerprint density at radius 2 is 2.29 bits per heavy atom. The highest BCUT2D eigenvalue weighted by Crippen LogP contribution is 2.18. The predicted octanol–water partition coefficient (Wildman–Crippen LogP) is 2.04. The topological polar surface area (TPSA) is 32.7 Å². The van der Waals surface area contributed by atoms with E-state index in [1.807, 2.05) is 26.0 Å². The largest absolute Gasteiger partial charge is 0.491 e. The lowest BCUT2D eigenvalue weighted by atomic mass is 10.2. The van der Waals surface area contributed by atoms with E-state index < -0.39 is 0 Å². The van der Waals surface area contributed by atoms with E-state index >= 15 is 0 Å². The van der Waals surface area contributed by atoms with Crippen molar-refractivity contribution in [2.24, 2.45) is 0 Å². The quantitative estimate of drug-likeness (QED) is 0.867. The highest BCUT2D eigenvalue weighted by atomic mass is 16.5. The molecule has 3 nitrogen and oxygen atoms in total. The Kier molecular flexibility index (Phi) is 4.02. The van der Waals surface area contributed by atoms with Crippen LogP contribution in [0.5, 0.6) is 5.75 Å². The molecular weight excluding hydrogens is 214 g/mol. The number of β-amino-alcohol motifs (C(OH)–C–C–N with tert-alkyl or cyclic N) is 1. The lowest BCUT2D eigenvalue weighted by Crippen LogP contribution is -2.21. The number of aliphatic hydroxyl groups is 1. The van der Waals surface area contributed by atoms with Crippen LogP contribution < -0.4 is 4.74 Å². The van der Waals surface area contributed by atoms with Gasteiger partial charge in [0.2, 0.25) is 0 Å². The number of rotatable bonds is 4. The van der Waals surface area contributed by atoms with Crippen molar-refractivity contribution in [3.63, 3.8) is 0 Å². The van der Waals surface area contributed by atoms with Crippen molar-refractivity contribution in [2.75, 3.05) is 13.1 Å². The molecule has 0 radical (unpaired) electrons. The zero-order valence-corrected chi connectivity index (χ0v) is 10.6. The first-order valence-corrected chi connectivity index (χ1v) is 6.29. The lowest BCUT2D eigenvalue weighted by molar-refractivity contribution is 0.174. The fraction of sp³-hybridized carbons (Fsp3) is 0.571. The van der Waals surface area contributed by atoms with Gasteiger partial charge in [-0.1, -0.05) is 12.1 Å². The molecule has 3 heteroatoms. The second-order valence-corrected chi connectivity index (χ2v) is 4.99. The Labute approximate surface area is 103 Å². The molecule has 0 aromatic heterocycles. The summed E-state index contributed by atoms with van der Waals surface area (Å²) in [6.07, 6.45) is 0.950. The fourth-order valence-corrected chi connectivity index (χ4v) is 2.20. The van der Waals surface area contributed by atoms with Crippen LogP contribution in [0.2, 0.25) is 0 Å². The van der Waals surface area contributed by atoms with Crippen molar-refractivity contribution in [1.82, 2.24) is 4.90 Å². The summed E-state index contributed by atoms with van der Waals surface area (Å²) in [4.78, 5) is 2.28. The zero-order chi connectivity index (χ0) is 12.3. The molecule has 2 rings (SSSR count). The third-order valence-corrected chi connectivity index (χ3v) is 2.92. The van der Waals surface area contributed by atoms with Crippen LogP contribution >= 0.6 is 0 Å². The normalized spacial score (nSPS) is 21.1. The SMILES string of the molecule is CC(C)Oc1cccc(CN2CC[C@H](O)C2)c1. The maximum absolute atomic E-state index is 9.48. The number of aliphatic hydroxyl groups excluding tert-OH is 1. The summed E-state index contributed by atoms with van der Waals surface area (Å²) in [6, 6.07) is 8.21. The number of hydrogen-bond acceptors (Lipinski definition) is 3. The summed E-state index contributed by atoms with van der Waals surface area (Å²) in [7, 11) is 0. The minimum absolute atomic E-state index is 0.148. The van der Waals surface area contributed by atoms with Crippen molar-refractivity contribution in [3.05, 3.63) is 29.8 Å². The van der Waals surface area contributed by atoms with Crippen LogP contribution in [0, 0.1) is 0 Å². The first kappa shape index (κ1) is 12.4. The molecule has 1 aliphatic heterocycles. The van der Waals surface area contributed by atoms with Crippen LogP contribution in [0.4, 0.5) is 0 Å². The standard InChI is InChI=1S/C14H21NO2/c1-11(2)17-14-5-3-4-12(8-14)9-15-7-6-13(16)10-15/h3-5,8,11,13,16H,6-7,9-10H2,1-2H3/t13-/m0/s1. The second-order valence-electron chi connectivity index (χ2n) is 4.99. The maximum atomic E-state index is 9.48. The van der Waals surface area contributed by atoms with Gasteiger partial charge in [0.1, 0.15) is 5.75 Å². The lowest BCUT2D eigenvalue weighted by Gasteiger charge is -2.16. The van der Waals surface area contributed by atoms with E-state index in [2.05, 4.69) is 17.0 Å². The molecule has 0 bridgehead atoms. The molecule has 1 N–H and O–H groups in total. The van der Waals surface area contributed by atoms with Gasteiger partial charge < -0.3 is 9.84 Å². The minimum Gasteiger partial charge on any atom is -0.491 e. The van der Waals surface area contributed by atoms with Gasteiger partial charge in [0.25, 0.3) is 0 Å². The molecular formula is C14H21NO2. The van der Waals surface area contributed by atoms with Crippen LogP contribution in [0.1, 0.15) is 25.8 Å². The van der Waals surface area contributed by atoms with Crippen molar-refractivity contribution in [2.45, 2.75) is 39.0 Å². The van der Waals surface area contributed by atoms with Gasteiger partial charge in [0.05, 0.1) is 12.2 Å². The molecule has 1 aromatic carbocycles. The van der Waals surface area contributed by atoms with E-state index in [0.29, 0.717) is 0 Å². The minimum atomic E-state index is -0.148. The number of likely N-dealkylation sites (tertiary alicyclic amines) is 1. The molecule has 0 spiro atoms. The van der Waals surface area contributed by atoms with Gasteiger partial charge in [-0.15, -0.1) is 0 Å². The van der Waals surface area contributed by atoms with E-state index in [1.54, 1.807) is 0 Å². The van der Waals surface area contributed by atoms with Gasteiger partial charge in [0, 0.05) is 19.6 Å². The summed E-state index contributed by atoms with van der Waals surface area (Å²) in [6.45, 7) is 6.73. The van der Waals surface area contributed by atoms with Gasteiger partial charge in [-0.2, -0.15) is 0 Å². The van der Waals surface area contributed by atoms with Gasteiger partial charge in [-0.3, -0.25) is 4.90 Å². The summed E-state index contributed by atoms with van der Waals surface area (Å²) < 4.78 is 5.67. The molecule has 0 saturated carbocycles. The van der Waals surface area contributed by atoms with E-state index in [-0.39, 0.29) is 12.2 Å². The Balaban J connectivity index is 1.96. The van der Waals surface area contributed by atoms with E-state index in [4.69, 9.17) is 4.74 Å². The number of hydrogen-bond donors (Lipinski definition) is 1. The van der Waals surface area contributed by atoms with Gasteiger partial charge in [-0.25, -0.2) is 0 Å². The smallest absolute Gasteiger partial charge is 0.120 e. The average molecular weight is 235 g/mol. The summed E-state index contributed by atoms with van der Waals surface area (Å²) >= 11 is 0. The Morgan fingerprint density at radius 3 is 2.94 bits per heavy atom. The summed E-state index contributed by atoms with van der Waals surface area (Å²) in [5.41, 5.74) is 1.25. The number of nitrogens with zero attached hydrogens (tertiary/aromatic N) is 1. The molecule has 0 aliphatic carbocycles. The molecule has 94 valence electrons. The summed E-state index contributed by atoms with van der Waals surface area (Å²) in [5.74, 6) is 0.928. The highest BCUT2D eigenvalue weighted by Gasteiger charge is 2.19. The predicted molar refractivity (Wildman–Crippen MR) is 68.1 cm³/mol. The number of ether oxygens (including phenoxy) is 1. The first-order valence-electron chi connectivity index (χ1n) is 6.29. The van der Waals surface area contributed by atoms with Gasteiger partial charge >= 0.3 is 0 Å². The monoisotopic (exact) mass is 235 g/mol. The second kappa shape index (κ2) is 5.52. The Hall–Kier alpha value is -1.06. The van der Waals surface area contributed by atoms with Crippen molar-refractivity contribution >= 4 is 0 Å². The molecule has 0 amide bonds. The van der Waals surface area contributed by atoms with Crippen LogP contribution in [-0.2, 0) is 6.54 Å². The highest BCUT2D eigenvalue weighted by molar-refractivity contribution is 5.28. The maximum Gasteiger partial charge on any atom is 0.120 e. The summed E-state index contributed by atoms with van der Waals surface area (Å²) in [5, 5.41) is 9.48. The van der Waals surface area contributed by atoms with Crippen LogP contribution in [0.3, 0.4) is 0 Å². The van der Waals surface area contributed by atoms with Crippen LogP contribution in [0.15, 0.2) is 24.3 Å². The molecule has 1 heterocycles. The molecule has 1 aliphatic rings. The molecule has 17 heavy (non-hydrogen) atoms. The van der Waals surface area contributed by atoms with E-state index in [0.717, 1.165) is 31.8 Å². The third kappa shape index (κ3) is 3.72. The van der Waals surface area contributed by atoms with Gasteiger partial charge in [0.15, 0.2) is 0 Å². The van der Waals surface area contributed by atoms with Crippen molar-refractivity contribution < 1.29 is 9.84 Å². The fourth-order valence-electron chi connectivity index (χ4n) is 2.20. The Morgan fingerprint density at radius 1 is 1.47 bits per heavy atom. The Bertz CT molecular complexity index is 365. The van der Waals surface area contributed by atoms with E-state index in [9.17, 15) is 5.11 Å². The average Bonchev–Trinajstić information content (AvgIpc) is 2.63. The third-order valence-electron chi connectivity index (χ3n) is 2.92. The molecule has 1 aromatic rings. The molecule has 1 fully saturated rings. The molecule has 1 atom stereocenters. The van der Waals surface area contributed by atoms with Crippen molar-refractivity contribution in [1.29, 1.82) is 0 Å². The van der Waals surface area contributed by atoms with Gasteiger partial charge in [-0.05, 0) is 38.0 Å². The van der Waals surface area contributed by atoms with Crippen LogP contribution in [-0.4, -0.2) is 35.3 Å². The molecule has 1 saturated heterocycles. The van der Waals surface area contributed by atoms with E-state index in [1.165, 1.54) is 5.56 Å².